The third-order valence-corrected chi connectivity index (χ3v) is 4.47. The number of rotatable bonds is 3. The number of H-pyrrole nitrogens is 1. The Hall–Kier alpha value is -1.62. The Labute approximate surface area is 122 Å². The minimum atomic E-state index is -0.0935. The molecular weight excluding hydrogens is 270 g/mol. The fourth-order valence-corrected chi connectivity index (χ4v) is 3.37. The number of thiazole rings is 1. The molecule has 2 N–H and O–H groups in total. The molecule has 1 amide bonds. The van der Waals surface area contributed by atoms with Gasteiger partial charge >= 0.3 is 0 Å². The first-order valence-corrected chi connectivity index (χ1v) is 7.99. The molecule has 0 spiro atoms. The minimum absolute atomic E-state index is 0.0935. The first-order chi connectivity index (χ1) is 9.63. The zero-order chi connectivity index (χ0) is 14.1. The number of hydrogen-bond donors (Lipinski definition) is 2. The number of nitrogens with one attached hydrogen (secondary N) is 2. The monoisotopic (exact) mass is 289 g/mol. The lowest BCUT2D eigenvalue weighted by molar-refractivity contribution is 0.102. The highest BCUT2D eigenvalue weighted by molar-refractivity contribution is 7.14. The molecule has 5 heteroatoms. The van der Waals surface area contributed by atoms with Crippen LogP contribution in [0.1, 0.15) is 60.0 Å². The van der Waals surface area contributed by atoms with E-state index in [4.69, 9.17) is 0 Å². The zero-order valence-corrected chi connectivity index (χ0v) is 12.6. The number of aromatic nitrogens is 2. The van der Waals surface area contributed by atoms with Gasteiger partial charge in [0, 0.05) is 11.1 Å². The molecule has 0 bridgehead atoms. The van der Waals surface area contributed by atoms with Crippen LogP contribution >= 0.6 is 11.3 Å². The van der Waals surface area contributed by atoms with Gasteiger partial charge in [0.05, 0.1) is 5.69 Å². The number of carbonyl (C=O) groups excluding carboxylic acids is 1. The van der Waals surface area contributed by atoms with Gasteiger partial charge in [-0.15, -0.1) is 11.3 Å². The molecule has 0 saturated heterocycles. The van der Waals surface area contributed by atoms with Crippen LogP contribution in [0.3, 0.4) is 0 Å². The highest BCUT2D eigenvalue weighted by atomic mass is 32.1. The molecular formula is C15H19N3OS. The summed E-state index contributed by atoms with van der Waals surface area (Å²) in [5, 5.41) is 5.55. The van der Waals surface area contributed by atoms with Crippen LogP contribution in [-0.2, 0) is 12.8 Å². The molecule has 2 heterocycles. The number of nitrogens with zero attached hydrogens (tertiary/aromatic N) is 1. The van der Waals surface area contributed by atoms with Crippen molar-refractivity contribution in [1.82, 2.24) is 9.97 Å². The van der Waals surface area contributed by atoms with E-state index >= 15 is 0 Å². The van der Waals surface area contributed by atoms with E-state index in [0.29, 0.717) is 16.7 Å². The van der Waals surface area contributed by atoms with Gasteiger partial charge in [-0.2, -0.15) is 0 Å². The summed E-state index contributed by atoms with van der Waals surface area (Å²) in [5.74, 6) is 0.291. The number of aromatic amines is 1. The molecule has 3 rings (SSSR count). The lowest BCUT2D eigenvalue weighted by Crippen LogP contribution is -2.12. The molecule has 2 aromatic rings. The first-order valence-electron chi connectivity index (χ1n) is 7.11. The summed E-state index contributed by atoms with van der Waals surface area (Å²) in [6, 6.07) is 1.99. The van der Waals surface area contributed by atoms with E-state index in [1.807, 2.05) is 11.4 Å². The second-order valence-corrected chi connectivity index (χ2v) is 6.44. The van der Waals surface area contributed by atoms with Gasteiger partial charge in [-0.05, 0) is 43.2 Å². The van der Waals surface area contributed by atoms with Crippen LogP contribution < -0.4 is 5.32 Å². The van der Waals surface area contributed by atoms with Gasteiger partial charge in [0.2, 0.25) is 0 Å². The average molecular weight is 289 g/mol. The van der Waals surface area contributed by atoms with Gasteiger partial charge < -0.3 is 4.98 Å². The largest absolute Gasteiger partial charge is 0.354 e. The van der Waals surface area contributed by atoms with Crippen LogP contribution in [0.2, 0.25) is 0 Å². The molecule has 2 aromatic heterocycles. The molecule has 1 aliphatic carbocycles. The van der Waals surface area contributed by atoms with E-state index in [1.165, 1.54) is 35.4 Å². The number of amides is 1. The average Bonchev–Trinajstić information content (AvgIpc) is 3.04. The molecule has 0 saturated carbocycles. The van der Waals surface area contributed by atoms with Crippen LogP contribution in [0.15, 0.2) is 11.4 Å². The standard InChI is InChI=1S/C15H19N3OS/c1-9(2)13-8-20-15(17-13)18-14(19)12-7-10-5-3-4-6-11(10)16-12/h7-9,16H,3-6H2,1-2H3,(H,17,18,19). The first kappa shape index (κ1) is 13.4. The summed E-state index contributed by atoms with van der Waals surface area (Å²) < 4.78 is 0. The summed E-state index contributed by atoms with van der Waals surface area (Å²) in [6.45, 7) is 4.19. The normalized spacial score (nSPS) is 14.3. The van der Waals surface area contributed by atoms with E-state index in [2.05, 4.69) is 29.1 Å². The molecule has 1 aliphatic rings. The number of aryl methyl sites for hydroxylation is 2. The fourth-order valence-electron chi connectivity index (χ4n) is 2.50. The van der Waals surface area contributed by atoms with Gasteiger partial charge in [-0.25, -0.2) is 4.98 Å². The van der Waals surface area contributed by atoms with E-state index in [1.54, 1.807) is 0 Å². The number of hydrogen-bond acceptors (Lipinski definition) is 3. The summed E-state index contributed by atoms with van der Waals surface area (Å²) >= 11 is 1.48. The molecule has 4 nitrogen and oxygen atoms in total. The van der Waals surface area contributed by atoms with Crippen LogP contribution in [0, 0.1) is 0 Å². The van der Waals surface area contributed by atoms with Crippen LogP contribution in [0.5, 0.6) is 0 Å². The van der Waals surface area contributed by atoms with Gasteiger partial charge in [-0.1, -0.05) is 13.8 Å². The van der Waals surface area contributed by atoms with Gasteiger partial charge in [-0.3, -0.25) is 10.1 Å². The van der Waals surface area contributed by atoms with Gasteiger partial charge in [0.1, 0.15) is 5.69 Å². The quantitative estimate of drug-likeness (QED) is 0.904. The second kappa shape index (κ2) is 5.40. The Kier molecular flexibility index (Phi) is 3.61. The van der Waals surface area contributed by atoms with E-state index in [9.17, 15) is 4.79 Å². The van der Waals surface area contributed by atoms with Gasteiger partial charge in [0.15, 0.2) is 5.13 Å². The van der Waals surface area contributed by atoms with Crippen molar-refractivity contribution in [3.8, 4) is 0 Å². The summed E-state index contributed by atoms with van der Waals surface area (Å²) in [5.41, 5.74) is 4.20. The van der Waals surface area contributed by atoms with Crippen LogP contribution in [0.25, 0.3) is 0 Å². The summed E-state index contributed by atoms with van der Waals surface area (Å²) in [7, 11) is 0. The lowest BCUT2D eigenvalue weighted by atomic mass is 9.98. The van der Waals surface area contributed by atoms with Crippen molar-refractivity contribution in [3.05, 3.63) is 34.1 Å². The van der Waals surface area contributed by atoms with Crippen molar-refractivity contribution < 1.29 is 4.79 Å². The molecule has 0 radical (unpaired) electrons. The lowest BCUT2D eigenvalue weighted by Gasteiger charge is -2.08. The Morgan fingerprint density at radius 1 is 1.40 bits per heavy atom. The van der Waals surface area contributed by atoms with Crippen molar-refractivity contribution in [1.29, 1.82) is 0 Å². The number of fused-ring (bicyclic) bond motifs is 1. The predicted molar refractivity (Wildman–Crippen MR) is 81.6 cm³/mol. The van der Waals surface area contributed by atoms with Crippen molar-refractivity contribution >= 4 is 22.4 Å². The summed E-state index contributed by atoms with van der Waals surface area (Å²) in [6.07, 6.45) is 4.56. The third kappa shape index (κ3) is 2.63. The van der Waals surface area contributed by atoms with Crippen molar-refractivity contribution in [2.75, 3.05) is 5.32 Å². The molecule has 0 fully saturated rings. The van der Waals surface area contributed by atoms with Crippen LogP contribution in [0.4, 0.5) is 5.13 Å². The van der Waals surface area contributed by atoms with Crippen molar-refractivity contribution in [3.63, 3.8) is 0 Å². The second-order valence-electron chi connectivity index (χ2n) is 5.58. The maximum absolute atomic E-state index is 12.2. The number of carbonyl (C=O) groups is 1. The van der Waals surface area contributed by atoms with Crippen molar-refractivity contribution in [2.24, 2.45) is 0 Å². The maximum atomic E-state index is 12.2. The minimum Gasteiger partial charge on any atom is -0.354 e. The zero-order valence-electron chi connectivity index (χ0n) is 11.8. The molecule has 0 aromatic carbocycles. The van der Waals surface area contributed by atoms with Gasteiger partial charge in [0.25, 0.3) is 5.91 Å². The SMILES string of the molecule is CC(C)c1csc(NC(=O)c2cc3c([nH]2)CCCC3)n1. The Bertz CT molecular complexity index is 603. The third-order valence-electron chi connectivity index (χ3n) is 3.69. The number of anilines is 1. The molecule has 106 valence electrons. The molecule has 20 heavy (non-hydrogen) atoms. The Morgan fingerprint density at radius 2 is 2.20 bits per heavy atom. The Morgan fingerprint density at radius 3 is 2.90 bits per heavy atom. The maximum Gasteiger partial charge on any atom is 0.273 e. The van der Waals surface area contributed by atoms with E-state index < -0.39 is 0 Å². The predicted octanol–water partition coefficient (Wildman–Crippen LogP) is 3.73. The molecule has 0 atom stereocenters. The smallest absolute Gasteiger partial charge is 0.273 e. The van der Waals surface area contributed by atoms with E-state index in [-0.39, 0.29) is 5.91 Å². The highest BCUT2D eigenvalue weighted by Gasteiger charge is 2.17. The molecule has 0 aliphatic heterocycles. The van der Waals surface area contributed by atoms with Crippen molar-refractivity contribution in [2.45, 2.75) is 45.4 Å². The van der Waals surface area contributed by atoms with Crippen LogP contribution in [-0.4, -0.2) is 15.9 Å². The topological polar surface area (TPSA) is 57.8 Å². The van der Waals surface area contributed by atoms with E-state index in [0.717, 1.165) is 18.5 Å². The summed E-state index contributed by atoms with van der Waals surface area (Å²) in [4.78, 5) is 19.9. The fraction of sp³-hybridized carbons (Fsp3) is 0.467. The highest BCUT2D eigenvalue weighted by Crippen LogP contribution is 2.24. The Balaban J connectivity index is 1.73. The molecule has 0 unspecified atom stereocenters.